The molecular weight excluding hydrogens is 660 g/mol. The second kappa shape index (κ2) is 13.9. The fourth-order valence-electron chi connectivity index (χ4n) is 4.08. The van der Waals surface area contributed by atoms with Gasteiger partial charge in [-0.05, 0) is 74.5 Å². The van der Waals surface area contributed by atoms with E-state index in [0.29, 0.717) is 0 Å². The maximum atomic E-state index is 13.2. The van der Waals surface area contributed by atoms with Crippen molar-refractivity contribution < 1.29 is 54.9 Å². The summed E-state index contributed by atoms with van der Waals surface area (Å²) >= 11 is 0. The number of benzene rings is 2. The van der Waals surface area contributed by atoms with Crippen LogP contribution in [-0.2, 0) is 39.3 Å². The van der Waals surface area contributed by atoms with Crippen molar-refractivity contribution in [3.05, 3.63) is 89.7 Å². The minimum Gasteiger partial charge on any atom is -0.493 e. The topological polar surface area (TPSA) is 232 Å². The molecule has 0 radical (unpaired) electrons. The number of allylic oxidation sites excluding steroid dienone is 4. The van der Waals surface area contributed by atoms with Crippen LogP contribution >= 0.6 is 0 Å². The first-order valence-electron chi connectivity index (χ1n) is 13.5. The van der Waals surface area contributed by atoms with E-state index in [1.165, 1.54) is 54.6 Å². The summed E-state index contributed by atoms with van der Waals surface area (Å²) in [5.74, 6) is -3.01. The fourth-order valence-corrected chi connectivity index (χ4v) is 5.04. The summed E-state index contributed by atoms with van der Waals surface area (Å²) < 4.78 is 74.9. The van der Waals surface area contributed by atoms with Gasteiger partial charge in [0.15, 0.2) is 11.4 Å². The summed E-state index contributed by atoms with van der Waals surface area (Å²) in [7, 11) is -8.96. The zero-order valence-corrected chi connectivity index (χ0v) is 26.2. The number of amides is 1. The molecule has 4 rings (SSSR count). The summed E-state index contributed by atoms with van der Waals surface area (Å²) in [6.45, 7) is 3.13. The quantitative estimate of drug-likeness (QED) is 0.114. The molecule has 0 atom stereocenters. The first-order valence-corrected chi connectivity index (χ1v) is 16.4. The van der Waals surface area contributed by atoms with Gasteiger partial charge in [-0.15, -0.1) is 0 Å². The van der Waals surface area contributed by atoms with Crippen LogP contribution in [0.15, 0.2) is 93.3 Å². The first-order chi connectivity index (χ1) is 22.2. The minimum absolute atomic E-state index is 0.00617. The van der Waals surface area contributed by atoms with Crippen LogP contribution in [0.25, 0.3) is 11.8 Å². The van der Waals surface area contributed by atoms with Gasteiger partial charge in [0.05, 0.1) is 45.5 Å². The molecule has 1 aromatic heterocycles. The normalized spacial score (nSPS) is 14.7. The zero-order chi connectivity index (χ0) is 34.5. The number of hydrogen-bond donors (Lipinski definition) is 3. The van der Waals surface area contributed by atoms with E-state index in [4.69, 9.17) is 9.47 Å². The number of hydrazone groups is 1. The lowest BCUT2D eigenvalue weighted by molar-refractivity contribution is -0.135. The van der Waals surface area contributed by atoms with E-state index in [0.717, 1.165) is 34.0 Å². The van der Waals surface area contributed by atoms with Crippen LogP contribution in [0.2, 0.25) is 0 Å². The Bertz CT molecular complexity index is 2060. The number of carbonyl (C=O) groups excluding carboxylic acids is 3. The highest BCUT2D eigenvalue weighted by Crippen LogP contribution is 2.28. The van der Waals surface area contributed by atoms with E-state index >= 15 is 0 Å². The van der Waals surface area contributed by atoms with Gasteiger partial charge in [-0.25, -0.2) is 9.59 Å². The number of aromatic nitrogens is 2. The van der Waals surface area contributed by atoms with Gasteiger partial charge in [0.1, 0.15) is 0 Å². The van der Waals surface area contributed by atoms with Crippen LogP contribution in [0.4, 0.5) is 5.69 Å². The SMILES string of the molecule is CCOC(=O)C1=NN(c2ccc(S(=O)(=O)O)cc2)C(=O)/C1=C\C=CC=Cc1c(C(=O)OCC)nn(-c2ccc(S(=O)(=O)O)cc2)c1O. The van der Waals surface area contributed by atoms with Gasteiger partial charge in [-0.3, -0.25) is 13.9 Å². The maximum Gasteiger partial charge on any atom is 0.359 e. The summed E-state index contributed by atoms with van der Waals surface area (Å²) in [5.41, 5.74) is -0.573. The van der Waals surface area contributed by atoms with Crippen molar-refractivity contribution in [2.24, 2.45) is 5.10 Å². The molecule has 0 aliphatic carbocycles. The van der Waals surface area contributed by atoms with Crippen molar-refractivity contribution >= 4 is 55.6 Å². The number of ether oxygens (including phenoxy) is 2. The van der Waals surface area contributed by atoms with Crippen LogP contribution in [0, 0.1) is 0 Å². The van der Waals surface area contributed by atoms with Crippen LogP contribution < -0.4 is 5.01 Å². The summed E-state index contributed by atoms with van der Waals surface area (Å²) in [6, 6.07) is 9.19. The summed E-state index contributed by atoms with van der Waals surface area (Å²) in [6.07, 6.45) is 6.73. The number of nitrogens with zero attached hydrogens (tertiary/aromatic N) is 4. The molecule has 16 nitrogen and oxygen atoms in total. The van der Waals surface area contributed by atoms with Crippen LogP contribution in [0.1, 0.15) is 29.9 Å². The Hall–Kier alpha value is -5.43. The number of esters is 2. The Kier molecular flexibility index (Phi) is 10.2. The molecule has 3 aromatic rings. The lowest BCUT2D eigenvalue weighted by Crippen LogP contribution is -2.22. The molecule has 0 saturated carbocycles. The van der Waals surface area contributed by atoms with Gasteiger partial charge in [0, 0.05) is 0 Å². The van der Waals surface area contributed by atoms with Crippen molar-refractivity contribution in [2.45, 2.75) is 23.6 Å². The third-order valence-electron chi connectivity index (χ3n) is 6.22. The third kappa shape index (κ3) is 7.69. The van der Waals surface area contributed by atoms with Crippen LogP contribution in [-0.4, -0.2) is 77.6 Å². The lowest BCUT2D eigenvalue weighted by Gasteiger charge is -2.11. The first kappa shape index (κ1) is 34.4. The Labute approximate surface area is 268 Å². The van der Waals surface area contributed by atoms with Gasteiger partial charge in [-0.1, -0.05) is 18.2 Å². The third-order valence-corrected chi connectivity index (χ3v) is 7.95. The van der Waals surface area contributed by atoms with Crippen molar-refractivity contribution in [3.63, 3.8) is 0 Å². The molecule has 0 spiro atoms. The van der Waals surface area contributed by atoms with E-state index in [9.17, 15) is 45.4 Å². The number of aromatic hydroxyl groups is 1. The van der Waals surface area contributed by atoms with Gasteiger partial charge in [-0.2, -0.15) is 36.7 Å². The van der Waals surface area contributed by atoms with Crippen molar-refractivity contribution in [3.8, 4) is 11.6 Å². The van der Waals surface area contributed by atoms with Gasteiger partial charge < -0.3 is 14.6 Å². The molecule has 1 aliphatic rings. The number of hydrogen-bond acceptors (Lipinski definition) is 12. The highest BCUT2D eigenvalue weighted by Gasteiger charge is 2.35. The predicted molar refractivity (Wildman–Crippen MR) is 165 cm³/mol. The van der Waals surface area contributed by atoms with E-state index < -0.39 is 53.8 Å². The summed E-state index contributed by atoms with van der Waals surface area (Å²) in [4.78, 5) is 37.6. The molecule has 0 bridgehead atoms. The zero-order valence-electron chi connectivity index (χ0n) is 24.5. The number of carbonyl (C=O) groups is 3. The average molecular weight is 687 g/mol. The average Bonchev–Trinajstić information content (AvgIpc) is 3.52. The van der Waals surface area contributed by atoms with Gasteiger partial charge in [0.2, 0.25) is 5.88 Å². The van der Waals surface area contributed by atoms with Crippen molar-refractivity contribution in [1.29, 1.82) is 0 Å². The minimum atomic E-state index is -4.48. The van der Waals surface area contributed by atoms with Crippen molar-refractivity contribution in [1.82, 2.24) is 9.78 Å². The lowest BCUT2D eigenvalue weighted by atomic mass is 10.1. The largest absolute Gasteiger partial charge is 0.493 e. The molecule has 2 aromatic carbocycles. The van der Waals surface area contributed by atoms with Gasteiger partial charge in [0.25, 0.3) is 26.1 Å². The molecule has 47 heavy (non-hydrogen) atoms. The van der Waals surface area contributed by atoms with E-state index in [1.54, 1.807) is 13.8 Å². The highest BCUT2D eigenvalue weighted by molar-refractivity contribution is 7.86. The Morgan fingerprint density at radius 3 is 1.87 bits per heavy atom. The monoisotopic (exact) mass is 686 g/mol. The molecule has 18 heteroatoms. The predicted octanol–water partition coefficient (Wildman–Crippen LogP) is 2.71. The van der Waals surface area contributed by atoms with E-state index in [1.807, 2.05) is 0 Å². The molecule has 0 saturated heterocycles. The standard InChI is InChI=1S/C29H26N4O12S2/c1-3-44-28(36)24-22(26(34)32(30-24)18-10-14-20(15-11-18)46(38,39)40)8-6-5-7-9-23-25(29(37)45-4-2)31-33(27(23)35)19-12-16-21(17-13-19)47(41,42)43/h5-17,34H,3-4H2,1-2H3,(H,38,39,40)(H,41,42,43)/b7-5?,8-6?,23-9-. The Morgan fingerprint density at radius 2 is 1.34 bits per heavy atom. The van der Waals surface area contributed by atoms with Crippen LogP contribution in [0.3, 0.4) is 0 Å². The second-order valence-electron chi connectivity index (χ2n) is 9.27. The Balaban J connectivity index is 1.64. The second-order valence-corrected chi connectivity index (χ2v) is 12.1. The highest BCUT2D eigenvalue weighted by atomic mass is 32.2. The molecule has 246 valence electrons. The number of rotatable bonds is 11. The van der Waals surface area contributed by atoms with E-state index in [2.05, 4.69) is 10.2 Å². The molecule has 1 amide bonds. The molecule has 1 aliphatic heterocycles. The Morgan fingerprint density at radius 1 is 0.809 bits per heavy atom. The van der Waals surface area contributed by atoms with Crippen molar-refractivity contribution in [2.75, 3.05) is 18.2 Å². The van der Waals surface area contributed by atoms with E-state index in [-0.39, 0.29) is 47.1 Å². The molecule has 0 unspecified atom stereocenters. The van der Waals surface area contributed by atoms with Crippen LogP contribution in [0.5, 0.6) is 5.88 Å². The maximum absolute atomic E-state index is 13.2. The fraction of sp³-hybridized carbons (Fsp3) is 0.138. The molecular formula is C29H26N4O12S2. The molecule has 3 N–H and O–H groups in total. The smallest absolute Gasteiger partial charge is 0.359 e. The molecule has 0 fully saturated rings. The molecule has 2 heterocycles. The number of anilines is 1. The summed E-state index contributed by atoms with van der Waals surface area (Å²) in [5, 5.41) is 19.9. The van der Waals surface area contributed by atoms with Gasteiger partial charge >= 0.3 is 11.9 Å².